The molecule has 1 unspecified atom stereocenters. The van der Waals surface area contributed by atoms with Gasteiger partial charge in [-0.3, -0.25) is 0 Å². The minimum Gasteiger partial charge on any atom is -0.489 e. The lowest BCUT2D eigenvalue weighted by atomic mass is 10.2. The zero-order valence-electron chi connectivity index (χ0n) is 10.4. The van der Waals surface area contributed by atoms with Gasteiger partial charge in [0.1, 0.15) is 6.61 Å². The van der Waals surface area contributed by atoms with Crippen molar-refractivity contribution in [2.45, 2.75) is 18.9 Å². The Hall–Kier alpha value is -0.190. The molecule has 0 bridgehead atoms. The van der Waals surface area contributed by atoms with E-state index in [2.05, 4.69) is 5.32 Å². The molecule has 1 aromatic carbocycles. The van der Waals surface area contributed by atoms with Crippen LogP contribution in [0, 0.1) is 0 Å². The Balaban J connectivity index is 1.70. The maximum atomic E-state index is 6.02. The van der Waals surface area contributed by atoms with Gasteiger partial charge in [-0.2, -0.15) is 0 Å². The minimum absolute atomic E-state index is 0.336. The number of ether oxygens (including phenoxy) is 2. The van der Waals surface area contributed by atoms with Gasteiger partial charge in [-0.1, -0.05) is 34.8 Å². The van der Waals surface area contributed by atoms with Crippen LogP contribution in [0.4, 0.5) is 0 Å². The largest absolute Gasteiger partial charge is 0.489 e. The summed E-state index contributed by atoms with van der Waals surface area (Å²) in [6.07, 6.45) is 2.62. The van der Waals surface area contributed by atoms with E-state index in [1.54, 1.807) is 12.1 Å². The fourth-order valence-electron chi connectivity index (χ4n) is 1.96. The summed E-state index contributed by atoms with van der Waals surface area (Å²) in [5.41, 5.74) is 0. The molecule has 106 valence electrons. The second kappa shape index (κ2) is 7.55. The molecule has 2 rings (SSSR count). The third-order valence-electron chi connectivity index (χ3n) is 2.88. The molecular formula is C13H16Cl3NO2. The number of nitrogens with one attached hydrogen (secondary N) is 1. The topological polar surface area (TPSA) is 30.5 Å². The summed E-state index contributed by atoms with van der Waals surface area (Å²) < 4.78 is 11.1. The molecular weight excluding hydrogens is 309 g/mol. The van der Waals surface area contributed by atoms with E-state index >= 15 is 0 Å². The molecule has 1 aromatic rings. The zero-order valence-corrected chi connectivity index (χ0v) is 12.7. The number of hydrogen-bond acceptors (Lipinski definition) is 3. The SMILES string of the molecule is Clc1cc(Cl)c(OCCNCC2CCCO2)c(Cl)c1. The molecule has 19 heavy (non-hydrogen) atoms. The molecule has 1 fully saturated rings. The van der Waals surface area contributed by atoms with E-state index in [4.69, 9.17) is 44.3 Å². The number of benzene rings is 1. The van der Waals surface area contributed by atoms with Gasteiger partial charge in [-0.05, 0) is 25.0 Å². The summed E-state index contributed by atoms with van der Waals surface area (Å²) in [7, 11) is 0. The molecule has 1 atom stereocenters. The Bertz CT molecular complexity index is 399. The van der Waals surface area contributed by atoms with Gasteiger partial charge in [0.2, 0.25) is 0 Å². The molecule has 1 aliphatic rings. The fraction of sp³-hybridized carbons (Fsp3) is 0.538. The Kier molecular flexibility index (Phi) is 6.05. The van der Waals surface area contributed by atoms with Crippen LogP contribution < -0.4 is 10.1 Å². The van der Waals surface area contributed by atoms with Crippen molar-refractivity contribution in [1.29, 1.82) is 0 Å². The van der Waals surface area contributed by atoms with E-state index in [1.807, 2.05) is 0 Å². The molecule has 1 saturated heterocycles. The first kappa shape index (κ1) is 15.2. The van der Waals surface area contributed by atoms with E-state index < -0.39 is 0 Å². The number of rotatable bonds is 6. The van der Waals surface area contributed by atoms with Crippen LogP contribution in [-0.2, 0) is 4.74 Å². The van der Waals surface area contributed by atoms with Crippen molar-refractivity contribution >= 4 is 34.8 Å². The van der Waals surface area contributed by atoms with E-state index in [0.29, 0.717) is 33.5 Å². The van der Waals surface area contributed by atoms with Gasteiger partial charge in [-0.25, -0.2) is 0 Å². The van der Waals surface area contributed by atoms with Gasteiger partial charge >= 0.3 is 0 Å². The van der Waals surface area contributed by atoms with E-state index in [0.717, 1.165) is 32.5 Å². The summed E-state index contributed by atoms with van der Waals surface area (Å²) in [6, 6.07) is 3.23. The zero-order chi connectivity index (χ0) is 13.7. The molecule has 0 spiro atoms. The molecule has 1 heterocycles. The van der Waals surface area contributed by atoms with Gasteiger partial charge in [-0.15, -0.1) is 0 Å². The Morgan fingerprint density at radius 2 is 2.00 bits per heavy atom. The maximum Gasteiger partial charge on any atom is 0.156 e. The van der Waals surface area contributed by atoms with Crippen molar-refractivity contribution in [1.82, 2.24) is 5.32 Å². The van der Waals surface area contributed by atoms with Crippen LogP contribution in [0.2, 0.25) is 15.1 Å². The van der Waals surface area contributed by atoms with Gasteiger partial charge < -0.3 is 14.8 Å². The summed E-state index contributed by atoms with van der Waals surface area (Å²) in [6.45, 7) is 2.94. The fourth-order valence-corrected chi connectivity index (χ4v) is 2.89. The lowest BCUT2D eigenvalue weighted by Crippen LogP contribution is -2.29. The molecule has 0 aliphatic carbocycles. The monoisotopic (exact) mass is 323 g/mol. The second-order valence-electron chi connectivity index (χ2n) is 4.39. The first-order valence-corrected chi connectivity index (χ1v) is 7.40. The van der Waals surface area contributed by atoms with Crippen molar-refractivity contribution in [2.24, 2.45) is 0 Å². The number of halogens is 3. The maximum absolute atomic E-state index is 6.02. The molecule has 6 heteroatoms. The smallest absolute Gasteiger partial charge is 0.156 e. The summed E-state index contributed by atoms with van der Waals surface area (Å²) in [5, 5.41) is 4.64. The van der Waals surface area contributed by atoms with Crippen molar-refractivity contribution in [2.75, 3.05) is 26.3 Å². The quantitative estimate of drug-likeness (QED) is 0.808. The lowest BCUT2D eigenvalue weighted by molar-refractivity contribution is 0.109. The van der Waals surface area contributed by atoms with Crippen LogP contribution in [-0.4, -0.2) is 32.4 Å². The van der Waals surface area contributed by atoms with E-state index in [1.165, 1.54) is 0 Å². The van der Waals surface area contributed by atoms with Crippen LogP contribution in [0.1, 0.15) is 12.8 Å². The van der Waals surface area contributed by atoms with E-state index in [-0.39, 0.29) is 0 Å². The van der Waals surface area contributed by atoms with Crippen molar-refractivity contribution in [3.63, 3.8) is 0 Å². The highest BCUT2D eigenvalue weighted by molar-refractivity contribution is 6.40. The van der Waals surface area contributed by atoms with Crippen LogP contribution in [0.15, 0.2) is 12.1 Å². The Morgan fingerprint density at radius 3 is 2.63 bits per heavy atom. The van der Waals surface area contributed by atoms with Gasteiger partial charge in [0.25, 0.3) is 0 Å². The highest BCUT2D eigenvalue weighted by atomic mass is 35.5. The average molecular weight is 325 g/mol. The molecule has 0 amide bonds. The normalized spacial score (nSPS) is 18.8. The molecule has 3 nitrogen and oxygen atoms in total. The Morgan fingerprint density at radius 1 is 1.26 bits per heavy atom. The molecule has 1 N–H and O–H groups in total. The van der Waals surface area contributed by atoms with Gasteiger partial charge in [0, 0.05) is 24.7 Å². The first-order chi connectivity index (χ1) is 9.16. The van der Waals surface area contributed by atoms with E-state index in [9.17, 15) is 0 Å². The van der Waals surface area contributed by atoms with Crippen molar-refractivity contribution in [3.8, 4) is 5.75 Å². The predicted molar refractivity (Wildman–Crippen MR) is 78.8 cm³/mol. The summed E-state index contributed by atoms with van der Waals surface area (Å²) >= 11 is 17.9. The molecule has 0 saturated carbocycles. The highest BCUT2D eigenvalue weighted by Gasteiger charge is 2.14. The molecule has 0 aromatic heterocycles. The average Bonchev–Trinajstić information content (AvgIpc) is 2.84. The van der Waals surface area contributed by atoms with Gasteiger partial charge in [0.05, 0.1) is 16.1 Å². The van der Waals surface area contributed by atoms with Crippen molar-refractivity contribution in [3.05, 3.63) is 27.2 Å². The minimum atomic E-state index is 0.336. The summed E-state index contributed by atoms with van der Waals surface area (Å²) in [5.74, 6) is 0.478. The number of hydrogen-bond donors (Lipinski definition) is 1. The van der Waals surface area contributed by atoms with Gasteiger partial charge in [0.15, 0.2) is 5.75 Å². The molecule has 1 aliphatic heterocycles. The Labute approximate surface area is 128 Å². The third-order valence-corrected chi connectivity index (χ3v) is 3.66. The molecule has 0 radical (unpaired) electrons. The second-order valence-corrected chi connectivity index (χ2v) is 5.64. The van der Waals surface area contributed by atoms with Crippen LogP contribution >= 0.6 is 34.8 Å². The van der Waals surface area contributed by atoms with Crippen LogP contribution in [0.5, 0.6) is 5.75 Å². The lowest BCUT2D eigenvalue weighted by Gasteiger charge is -2.13. The van der Waals surface area contributed by atoms with Crippen LogP contribution in [0.3, 0.4) is 0 Å². The third kappa shape index (κ3) is 4.69. The first-order valence-electron chi connectivity index (χ1n) is 6.26. The van der Waals surface area contributed by atoms with Crippen molar-refractivity contribution < 1.29 is 9.47 Å². The standard InChI is InChI=1S/C13H16Cl3NO2/c14-9-6-11(15)13(12(16)7-9)19-5-3-17-8-10-2-1-4-18-10/h6-7,10,17H,1-5,8H2. The highest BCUT2D eigenvalue weighted by Crippen LogP contribution is 2.35. The van der Waals surface area contributed by atoms with Crippen LogP contribution in [0.25, 0.3) is 0 Å². The summed E-state index contributed by atoms with van der Waals surface area (Å²) in [4.78, 5) is 0. The predicted octanol–water partition coefficient (Wildman–Crippen LogP) is 3.79.